The van der Waals surface area contributed by atoms with Crippen molar-refractivity contribution in [1.29, 1.82) is 0 Å². The highest BCUT2D eigenvalue weighted by atomic mass is 32.2. The molecule has 2 fully saturated rings. The Balaban J connectivity index is 1.98. The highest BCUT2D eigenvalue weighted by Crippen LogP contribution is 2.25. The zero-order valence-electron chi connectivity index (χ0n) is 12.1. The summed E-state index contributed by atoms with van der Waals surface area (Å²) in [6.07, 6.45) is 6.16. The molecule has 2 aliphatic rings. The van der Waals surface area contributed by atoms with Gasteiger partial charge in [-0.05, 0) is 38.6 Å². The third-order valence-electron chi connectivity index (χ3n) is 4.42. The van der Waals surface area contributed by atoms with E-state index in [1.165, 1.54) is 0 Å². The number of nitrogens with zero attached hydrogens (tertiary/aromatic N) is 2. The SMILES string of the molecule is C=CCCS(=O)(=O)N1CCC[C@@H]1CN1CCC[C@H]1CO. The monoisotopic (exact) mass is 302 g/mol. The van der Waals surface area contributed by atoms with Crippen LogP contribution in [0.3, 0.4) is 0 Å². The van der Waals surface area contributed by atoms with Crippen LogP contribution in [0.5, 0.6) is 0 Å². The zero-order chi connectivity index (χ0) is 14.6. The minimum Gasteiger partial charge on any atom is -0.395 e. The minimum atomic E-state index is -3.16. The summed E-state index contributed by atoms with van der Waals surface area (Å²) < 4.78 is 26.4. The van der Waals surface area contributed by atoms with Gasteiger partial charge in [-0.25, -0.2) is 8.42 Å². The van der Waals surface area contributed by atoms with Crippen molar-refractivity contribution in [3.05, 3.63) is 12.7 Å². The molecule has 2 rings (SSSR count). The van der Waals surface area contributed by atoms with Gasteiger partial charge in [-0.3, -0.25) is 4.90 Å². The molecule has 0 aromatic carbocycles. The molecule has 0 spiro atoms. The Hall–Kier alpha value is -0.430. The van der Waals surface area contributed by atoms with Crippen molar-refractivity contribution < 1.29 is 13.5 Å². The quantitative estimate of drug-likeness (QED) is 0.707. The van der Waals surface area contributed by atoms with Crippen molar-refractivity contribution in [3.8, 4) is 0 Å². The van der Waals surface area contributed by atoms with Crippen LogP contribution in [-0.2, 0) is 10.0 Å². The van der Waals surface area contributed by atoms with Crippen LogP contribution in [0.1, 0.15) is 32.1 Å². The molecule has 2 saturated heterocycles. The first-order valence-corrected chi connectivity index (χ1v) is 9.14. The molecule has 0 saturated carbocycles. The number of aliphatic hydroxyl groups is 1. The molecule has 2 aliphatic heterocycles. The van der Waals surface area contributed by atoms with E-state index in [-0.39, 0.29) is 24.4 Å². The lowest BCUT2D eigenvalue weighted by molar-refractivity contribution is 0.140. The van der Waals surface area contributed by atoms with Crippen LogP contribution in [0.2, 0.25) is 0 Å². The van der Waals surface area contributed by atoms with Crippen LogP contribution in [0, 0.1) is 0 Å². The lowest BCUT2D eigenvalue weighted by Crippen LogP contribution is -2.46. The fraction of sp³-hybridized carbons (Fsp3) is 0.857. The third-order valence-corrected chi connectivity index (χ3v) is 6.36. The number of allylic oxidation sites excluding steroid dienone is 1. The van der Waals surface area contributed by atoms with E-state index in [9.17, 15) is 13.5 Å². The van der Waals surface area contributed by atoms with Gasteiger partial charge in [0.05, 0.1) is 12.4 Å². The van der Waals surface area contributed by atoms with Crippen molar-refractivity contribution >= 4 is 10.0 Å². The Morgan fingerprint density at radius 2 is 1.90 bits per heavy atom. The van der Waals surface area contributed by atoms with E-state index in [0.29, 0.717) is 13.0 Å². The van der Waals surface area contributed by atoms with Crippen LogP contribution in [0.4, 0.5) is 0 Å². The average Bonchev–Trinajstić information content (AvgIpc) is 3.06. The van der Waals surface area contributed by atoms with E-state index in [1.807, 2.05) is 0 Å². The van der Waals surface area contributed by atoms with Gasteiger partial charge in [-0.2, -0.15) is 4.31 Å². The van der Waals surface area contributed by atoms with Crippen molar-refractivity contribution in [2.24, 2.45) is 0 Å². The van der Waals surface area contributed by atoms with Crippen LogP contribution in [-0.4, -0.2) is 66.8 Å². The maximum absolute atomic E-state index is 12.3. The van der Waals surface area contributed by atoms with Gasteiger partial charge in [-0.1, -0.05) is 6.08 Å². The normalized spacial score (nSPS) is 29.1. The van der Waals surface area contributed by atoms with E-state index < -0.39 is 10.0 Å². The van der Waals surface area contributed by atoms with Crippen LogP contribution < -0.4 is 0 Å². The van der Waals surface area contributed by atoms with Crippen LogP contribution in [0.15, 0.2) is 12.7 Å². The molecule has 0 amide bonds. The molecular weight excluding hydrogens is 276 g/mol. The van der Waals surface area contributed by atoms with Crippen molar-refractivity contribution in [1.82, 2.24) is 9.21 Å². The molecule has 0 aromatic heterocycles. The van der Waals surface area contributed by atoms with Gasteiger partial charge in [-0.15, -0.1) is 6.58 Å². The summed E-state index contributed by atoms with van der Waals surface area (Å²) in [7, 11) is -3.16. The molecule has 0 unspecified atom stereocenters. The molecular formula is C14H26N2O3S. The van der Waals surface area contributed by atoms with E-state index in [0.717, 1.165) is 38.8 Å². The first kappa shape index (κ1) is 15.9. The van der Waals surface area contributed by atoms with E-state index in [1.54, 1.807) is 10.4 Å². The van der Waals surface area contributed by atoms with Crippen molar-refractivity contribution in [3.63, 3.8) is 0 Å². The summed E-state index contributed by atoms with van der Waals surface area (Å²) in [6, 6.07) is 0.297. The average molecular weight is 302 g/mol. The second kappa shape index (κ2) is 7.02. The second-order valence-corrected chi connectivity index (χ2v) is 7.81. The summed E-state index contributed by atoms with van der Waals surface area (Å²) in [5.74, 6) is 0.163. The number of hydrogen-bond acceptors (Lipinski definition) is 4. The molecule has 2 heterocycles. The lowest BCUT2D eigenvalue weighted by atomic mass is 10.2. The van der Waals surface area contributed by atoms with Gasteiger partial charge in [0.1, 0.15) is 0 Å². The molecule has 0 aromatic rings. The number of sulfonamides is 1. The summed E-state index contributed by atoms with van der Waals surface area (Å²) in [6.45, 7) is 6.15. The Bertz CT molecular complexity index is 424. The highest BCUT2D eigenvalue weighted by molar-refractivity contribution is 7.89. The number of likely N-dealkylation sites (tertiary alicyclic amines) is 1. The number of rotatable bonds is 7. The summed E-state index contributed by atoms with van der Waals surface area (Å²) in [4.78, 5) is 2.26. The van der Waals surface area contributed by atoms with E-state index in [4.69, 9.17) is 0 Å². The molecule has 0 radical (unpaired) electrons. The summed E-state index contributed by atoms with van der Waals surface area (Å²) >= 11 is 0. The predicted octanol–water partition coefficient (Wildman–Crippen LogP) is 0.813. The maximum atomic E-state index is 12.3. The summed E-state index contributed by atoms with van der Waals surface area (Å²) in [5, 5.41) is 9.37. The lowest BCUT2D eigenvalue weighted by Gasteiger charge is -2.30. The van der Waals surface area contributed by atoms with Gasteiger partial charge in [0.15, 0.2) is 0 Å². The Labute approximate surface area is 122 Å². The first-order chi connectivity index (χ1) is 9.58. The van der Waals surface area contributed by atoms with Crippen LogP contribution in [0.25, 0.3) is 0 Å². The van der Waals surface area contributed by atoms with E-state index in [2.05, 4.69) is 11.5 Å². The Morgan fingerprint density at radius 3 is 2.60 bits per heavy atom. The Morgan fingerprint density at radius 1 is 1.20 bits per heavy atom. The standard InChI is InChI=1S/C14H26N2O3S/c1-2-3-10-20(18,19)16-9-5-6-13(16)11-15-8-4-7-14(15)12-17/h2,13-14,17H,1,3-12H2/t13-,14+/m1/s1. The van der Waals surface area contributed by atoms with Gasteiger partial charge in [0.25, 0.3) is 0 Å². The molecule has 0 bridgehead atoms. The fourth-order valence-corrected chi connectivity index (χ4v) is 5.05. The van der Waals surface area contributed by atoms with Gasteiger partial charge < -0.3 is 5.11 Å². The molecule has 5 nitrogen and oxygen atoms in total. The number of aliphatic hydroxyl groups excluding tert-OH is 1. The third kappa shape index (κ3) is 3.61. The van der Waals surface area contributed by atoms with Gasteiger partial charge >= 0.3 is 0 Å². The zero-order valence-corrected chi connectivity index (χ0v) is 12.9. The topological polar surface area (TPSA) is 60.9 Å². The molecule has 116 valence electrons. The van der Waals surface area contributed by atoms with Gasteiger partial charge in [0.2, 0.25) is 10.0 Å². The highest BCUT2D eigenvalue weighted by Gasteiger charge is 2.36. The smallest absolute Gasteiger partial charge is 0.214 e. The minimum absolute atomic E-state index is 0.0805. The fourth-order valence-electron chi connectivity index (χ4n) is 3.32. The largest absolute Gasteiger partial charge is 0.395 e. The first-order valence-electron chi connectivity index (χ1n) is 7.54. The van der Waals surface area contributed by atoms with Crippen molar-refractivity contribution in [2.45, 2.75) is 44.2 Å². The predicted molar refractivity (Wildman–Crippen MR) is 80.0 cm³/mol. The molecule has 0 aliphatic carbocycles. The second-order valence-electron chi connectivity index (χ2n) is 5.77. The molecule has 20 heavy (non-hydrogen) atoms. The molecule has 6 heteroatoms. The molecule has 1 N–H and O–H groups in total. The summed E-state index contributed by atoms with van der Waals surface area (Å²) in [5.41, 5.74) is 0. The Kier molecular flexibility index (Phi) is 5.60. The number of hydrogen-bond donors (Lipinski definition) is 1. The van der Waals surface area contributed by atoms with Crippen LogP contribution >= 0.6 is 0 Å². The van der Waals surface area contributed by atoms with Gasteiger partial charge in [0, 0.05) is 25.2 Å². The maximum Gasteiger partial charge on any atom is 0.214 e. The van der Waals surface area contributed by atoms with Crippen molar-refractivity contribution in [2.75, 3.05) is 32.0 Å². The van der Waals surface area contributed by atoms with E-state index >= 15 is 0 Å². The molecule has 2 atom stereocenters.